The van der Waals surface area contributed by atoms with Crippen LogP contribution in [0.15, 0.2) is 66.9 Å². The summed E-state index contributed by atoms with van der Waals surface area (Å²) in [4.78, 5) is 27.4. The van der Waals surface area contributed by atoms with Crippen LogP contribution >= 0.6 is 0 Å². The molecule has 1 amide bonds. The first-order valence-corrected chi connectivity index (χ1v) is 14.3. The van der Waals surface area contributed by atoms with Gasteiger partial charge < -0.3 is 20.1 Å². The number of aryl methyl sites for hydroxylation is 3. The van der Waals surface area contributed by atoms with Crippen LogP contribution in [-0.2, 0) is 13.6 Å². The Labute approximate surface area is 250 Å². The molecule has 2 aromatic heterocycles. The molecule has 220 valence electrons. The van der Waals surface area contributed by atoms with E-state index in [4.69, 9.17) is 4.74 Å². The lowest BCUT2D eigenvalue weighted by atomic mass is 10.1. The van der Waals surface area contributed by atoms with Gasteiger partial charge in [-0.2, -0.15) is 10.1 Å². The van der Waals surface area contributed by atoms with Crippen molar-refractivity contribution in [1.29, 1.82) is 0 Å². The quantitative estimate of drug-likeness (QED) is 0.274. The molecule has 10 heteroatoms. The van der Waals surface area contributed by atoms with E-state index in [1.807, 2.05) is 31.2 Å². The fraction of sp³-hybridized carbons (Fsp3) is 0.273. The van der Waals surface area contributed by atoms with Crippen LogP contribution in [0.1, 0.15) is 27.0 Å². The predicted octanol–water partition coefficient (Wildman–Crippen LogP) is 5.14. The highest BCUT2D eigenvalue weighted by Crippen LogP contribution is 2.33. The third-order valence-electron chi connectivity index (χ3n) is 7.91. The third kappa shape index (κ3) is 6.20. The van der Waals surface area contributed by atoms with E-state index in [0.29, 0.717) is 39.6 Å². The normalized spacial score (nSPS) is 14.2. The number of aromatic nitrogens is 4. The number of nitrogens with zero attached hydrogens (tertiary/aromatic N) is 6. The van der Waals surface area contributed by atoms with Gasteiger partial charge in [-0.3, -0.25) is 14.4 Å². The Balaban J connectivity index is 1.22. The number of likely N-dealkylation sites (N-methyl/N-ethyl adjacent to an activating group) is 1. The highest BCUT2D eigenvalue weighted by molar-refractivity contribution is 6.04. The summed E-state index contributed by atoms with van der Waals surface area (Å²) in [6.07, 6.45) is 1.65. The van der Waals surface area contributed by atoms with E-state index < -0.39 is 0 Å². The Morgan fingerprint density at radius 2 is 1.77 bits per heavy atom. The molecule has 0 bridgehead atoms. The summed E-state index contributed by atoms with van der Waals surface area (Å²) in [5, 5.41) is 18.0. The number of nitrogens with one attached hydrogen (secondary N) is 1. The Hall–Kier alpha value is -4.80. The van der Waals surface area contributed by atoms with Crippen molar-refractivity contribution in [2.24, 2.45) is 7.05 Å². The number of ether oxygens (including phenoxy) is 1. The van der Waals surface area contributed by atoms with E-state index in [1.165, 1.54) is 5.56 Å². The minimum Gasteiger partial charge on any atom is -0.508 e. The number of hydrogen-bond acceptors (Lipinski definition) is 8. The number of fused-ring (bicyclic) bond motifs is 1. The van der Waals surface area contributed by atoms with Crippen molar-refractivity contribution in [3.63, 3.8) is 0 Å². The standard InChI is InChI=1S/C33H35N7O3/c1-21-8-9-24(32(42)35-26-11-10-25(22(2)16-26)20-40-14-12-38(3)13-15-40)18-29(21)43-33-28-19-34-39(4)31(28)36-30(37-33)23-6-5-7-27(41)17-23/h5-11,16-19,41H,12-15,20H2,1-4H3,(H,35,42). The zero-order chi connectivity index (χ0) is 30.1. The number of hydrogen-bond donors (Lipinski definition) is 2. The molecule has 0 atom stereocenters. The van der Waals surface area contributed by atoms with Gasteiger partial charge in [0.25, 0.3) is 5.91 Å². The van der Waals surface area contributed by atoms with E-state index in [9.17, 15) is 9.90 Å². The molecule has 0 radical (unpaired) electrons. The summed E-state index contributed by atoms with van der Waals surface area (Å²) in [5.41, 5.74) is 5.70. The lowest BCUT2D eigenvalue weighted by molar-refractivity contribution is 0.102. The minimum atomic E-state index is -0.231. The van der Waals surface area contributed by atoms with Gasteiger partial charge in [0.2, 0.25) is 5.88 Å². The Bertz CT molecular complexity index is 1810. The SMILES string of the molecule is Cc1cc(NC(=O)c2ccc(C)c(Oc3nc(-c4cccc(O)c4)nc4c3cnn4C)c2)ccc1CN1CCN(C)CC1. The van der Waals surface area contributed by atoms with Gasteiger partial charge in [0, 0.05) is 56.6 Å². The van der Waals surface area contributed by atoms with Crippen LogP contribution in [0.5, 0.6) is 17.4 Å². The van der Waals surface area contributed by atoms with Gasteiger partial charge in [0.15, 0.2) is 11.5 Å². The molecule has 6 rings (SSSR count). The number of aromatic hydroxyl groups is 1. The number of piperazine rings is 1. The van der Waals surface area contributed by atoms with E-state index in [0.717, 1.165) is 49.5 Å². The molecular formula is C33H35N7O3. The first kappa shape index (κ1) is 28.3. The zero-order valence-corrected chi connectivity index (χ0v) is 24.8. The highest BCUT2D eigenvalue weighted by atomic mass is 16.5. The maximum Gasteiger partial charge on any atom is 0.255 e. The fourth-order valence-corrected chi connectivity index (χ4v) is 5.20. The van der Waals surface area contributed by atoms with Crippen LogP contribution in [-0.4, -0.2) is 73.8 Å². The van der Waals surface area contributed by atoms with Crippen molar-refractivity contribution in [1.82, 2.24) is 29.5 Å². The smallest absolute Gasteiger partial charge is 0.255 e. The molecule has 1 fully saturated rings. The van der Waals surface area contributed by atoms with Gasteiger partial charge in [-0.15, -0.1) is 0 Å². The monoisotopic (exact) mass is 577 g/mol. The summed E-state index contributed by atoms with van der Waals surface area (Å²) in [7, 11) is 3.95. The third-order valence-corrected chi connectivity index (χ3v) is 7.91. The number of benzene rings is 3. The lowest BCUT2D eigenvalue weighted by Gasteiger charge is -2.32. The maximum atomic E-state index is 13.3. The van der Waals surface area contributed by atoms with Gasteiger partial charge in [-0.1, -0.05) is 24.3 Å². The molecule has 0 unspecified atom stereocenters. The molecule has 1 saturated heterocycles. The Kier molecular flexibility index (Phi) is 7.79. The molecule has 5 aromatic rings. The Morgan fingerprint density at radius 1 is 0.953 bits per heavy atom. The molecule has 1 aliphatic rings. The van der Waals surface area contributed by atoms with Gasteiger partial charge >= 0.3 is 0 Å². The molecular weight excluding hydrogens is 542 g/mol. The van der Waals surface area contributed by atoms with Crippen molar-refractivity contribution in [2.75, 3.05) is 38.5 Å². The van der Waals surface area contributed by atoms with Crippen molar-refractivity contribution in [2.45, 2.75) is 20.4 Å². The number of rotatable bonds is 7. The fourth-order valence-electron chi connectivity index (χ4n) is 5.20. The first-order chi connectivity index (χ1) is 20.7. The summed E-state index contributed by atoms with van der Waals surface area (Å²) in [6.45, 7) is 9.20. The van der Waals surface area contributed by atoms with Gasteiger partial charge in [0.1, 0.15) is 16.9 Å². The number of anilines is 1. The van der Waals surface area contributed by atoms with Crippen LogP contribution in [0.2, 0.25) is 0 Å². The van der Waals surface area contributed by atoms with Gasteiger partial charge in [0.05, 0.1) is 6.20 Å². The second-order valence-corrected chi connectivity index (χ2v) is 11.2. The number of phenols is 1. The summed E-state index contributed by atoms with van der Waals surface area (Å²) < 4.78 is 7.97. The molecule has 3 heterocycles. The van der Waals surface area contributed by atoms with E-state index in [2.05, 4.69) is 50.2 Å². The summed E-state index contributed by atoms with van der Waals surface area (Å²) >= 11 is 0. The zero-order valence-electron chi connectivity index (χ0n) is 24.8. The number of carbonyl (C=O) groups is 1. The second-order valence-electron chi connectivity index (χ2n) is 11.2. The van der Waals surface area contributed by atoms with E-state index in [-0.39, 0.29) is 11.7 Å². The molecule has 0 spiro atoms. The molecule has 3 aromatic carbocycles. The van der Waals surface area contributed by atoms with Crippen molar-refractivity contribution < 1.29 is 14.6 Å². The topological polar surface area (TPSA) is 109 Å². The van der Waals surface area contributed by atoms with Crippen LogP contribution < -0.4 is 10.1 Å². The van der Waals surface area contributed by atoms with E-state index in [1.54, 1.807) is 48.3 Å². The van der Waals surface area contributed by atoms with Crippen molar-refractivity contribution >= 4 is 22.6 Å². The predicted molar refractivity (Wildman–Crippen MR) is 167 cm³/mol. The van der Waals surface area contributed by atoms with Crippen LogP contribution in [0.4, 0.5) is 5.69 Å². The molecule has 43 heavy (non-hydrogen) atoms. The first-order valence-electron chi connectivity index (χ1n) is 14.3. The average Bonchev–Trinajstić information content (AvgIpc) is 3.37. The second kappa shape index (κ2) is 11.8. The summed E-state index contributed by atoms with van der Waals surface area (Å²) in [6, 6.07) is 18.2. The largest absolute Gasteiger partial charge is 0.508 e. The van der Waals surface area contributed by atoms with Crippen LogP contribution in [0.3, 0.4) is 0 Å². The number of carbonyl (C=O) groups excluding carboxylic acids is 1. The lowest BCUT2D eigenvalue weighted by Crippen LogP contribution is -2.43. The molecule has 0 saturated carbocycles. The maximum absolute atomic E-state index is 13.3. The highest BCUT2D eigenvalue weighted by Gasteiger charge is 2.18. The molecule has 0 aliphatic carbocycles. The van der Waals surface area contributed by atoms with Crippen LogP contribution in [0, 0.1) is 13.8 Å². The van der Waals surface area contributed by atoms with Crippen molar-refractivity contribution in [3.05, 3.63) is 89.1 Å². The summed E-state index contributed by atoms with van der Waals surface area (Å²) in [5.74, 6) is 1.08. The Morgan fingerprint density at radius 3 is 2.53 bits per heavy atom. The average molecular weight is 578 g/mol. The van der Waals surface area contributed by atoms with E-state index >= 15 is 0 Å². The molecule has 10 nitrogen and oxygen atoms in total. The van der Waals surface area contributed by atoms with Gasteiger partial charge in [-0.05, 0) is 74.0 Å². The molecule has 2 N–H and O–H groups in total. The number of phenolic OH excluding ortho intramolecular Hbond substituents is 1. The minimum absolute atomic E-state index is 0.114. The van der Waals surface area contributed by atoms with Crippen molar-refractivity contribution in [3.8, 4) is 28.8 Å². The molecule has 1 aliphatic heterocycles. The van der Waals surface area contributed by atoms with Crippen LogP contribution in [0.25, 0.3) is 22.4 Å². The number of amides is 1. The van der Waals surface area contributed by atoms with Gasteiger partial charge in [-0.25, -0.2) is 4.98 Å².